The zero-order valence-corrected chi connectivity index (χ0v) is 45.3. The first-order valence-electron chi connectivity index (χ1n) is 27.0. The standard InChI is InChI=1S/C57H65F5N10O8/c1-29(78-4)49(67-56(75)80-6)54(73)70-19-7-9-47(70)52-63-41-25-35(37(59)27-43(41)65-52)45-15-16-46(72(45)34-23-39(61)51(40(62)24-34)69-21-17-32(18-22-69)31-11-13-33(58)14-12-31)36-26-42-44(28-38(36)60)66-53(64-42)48-10-8-20-71(48)55(74)50(30(2)79-5)68(3)57(76)77/h11-14,23-30,32,45-50H,7-10,15-22H2,1-6H3,(H,63,65)(H,64,66)(H,67,75)(H,76,77)/t29-,30-,45-,46-,47+,48+,49+,50+/m1/s1. The topological polar surface area (TPSA) is 202 Å². The molecule has 6 heterocycles. The minimum absolute atomic E-state index is 0.0406. The Morgan fingerprint density at radius 1 is 0.662 bits per heavy atom. The van der Waals surface area contributed by atoms with Gasteiger partial charge < -0.3 is 54.2 Å². The smallest absolute Gasteiger partial charge is 0.407 e. The molecule has 4 aromatic carbocycles. The van der Waals surface area contributed by atoms with Crippen molar-refractivity contribution < 1.29 is 60.4 Å². The molecule has 4 amide bonds. The highest BCUT2D eigenvalue weighted by molar-refractivity contribution is 5.88. The summed E-state index contributed by atoms with van der Waals surface area (Å²) in [5.74, 6) is -3.54. The van der Waals surface area contributed by atoms with Gasteiger partial charge in [-0.2, -0.15) is 0 Å². The number of nitrogens with zero attached hydrogens (tertiary/aromatic N) is 7. The van der Waals surface area contributed by atoms with Crippen molar-refractivity contribution in [1.29, 1.82) is 0 Å². The Morgan fingerprint density at radius 2 is 1.18 bits per heavy atom. The van der Waals surface area contributed by atoms with E-state index in [0.29, 0.717) is 87.4 Å². The molecular formula is C57H65F5N10O8. The van der Waals surface area contributed by atoms with Gasteiger partial charge in [-0.3, -0.25) is 14.5 Å². The summed E-state index contributed by atoms with van der Waals surface area (Å²) in [6, 6.07) is 9.08. The van der Waals surface area contributed by atoms with Gasteiger partial charge in [-0.1, -0.05) is 12.1 Å². The molecule has 6 aromatic rings. The van der Waals surface area contributed by atoms with Crippen molar-refractivity contribution in [3.05, 3.63) is 118 Å². The fraction of sp³-hybridized carbons (Fsp3) is 0.474. The van der Waals surface area contributed by atoms with Gasteiger partial charge in [0.25, 0.3) is 0 Å². The molecule has 4 fully saturated rings. The number of alkyl carbamates (subject to hydrolysis) is 1. The first-order valence-corrected chi connectivity index (χ1v) is 27.0. The van der Waals surface area contributed by atoms with E-state index in [9.17, 15) is 28.7 Å². The van der Waals surface area contributed by atoms with Crippen LogP contribution in [-0.2, 0) is 23.8 Å². The number of halogens is 5. The first kappa shape index (κ1) is 55.8. The van der Waals surface area contributed by atoms with Crippen LogP contribution in [0.25, 0.3) is 22.1 Å². The Hall–Kier alpha value is -7.53. The van der Waals surface area contributed by atoms with Gasteiger partial charge in [-0.05, 0) is 113 Å². The largest absolute Gasteiger partial charge is 0.465 e. The fourth-order valence-corrected chi connectivity index (χ4v) is 12.5. The third-order valence-electron chi connectivity index (χ3n) is 16.9. The van der Waals surface area contributed by atoms with Gasteiger partial charge in [0.1, 0.15) is 46.9 Å². The van der Waals surface area contributed by atoms with Crippen molar-refractivity contribution in [1.82, 2.24) is 40.0 Å². The number of aromatic nitrogens is 4. The second-order valence-electron chi connectivity index (χ2n) is 21.3. The molecule has 4 N–H and O–H groups in total. The Balaban J connectivity index is 0.997. The number of ether oxygens (including phenoxy) is 3. The molecule has 0 aliphatic carbocycles. The number of anilines is 2. The molecule has 2 aromatic heterocycles. The normalized spacial score (nSPS) is 21.3. The maximum Gasteiger partial charge on any atom is 0.407 e. The van der Waals surface area contributed by atoms with Crippen LogP contribution in [0, 0.1) is 29.1 Å². The summed E-state index contributed by atoms with van der Waals surface area (Å²) < 4.78 is 97.1. The summed E-state index contributed by atoms with van der Waals surface area (Å²) >= 11 is 0. The van der Waals surface area contributed by atoms with Gasteiger partial charge in [0, 0.05) is 76.4 Å². The van der Waals surface area contributed by atoms with Crippen LogP contribution in [0.2, 0.25) is 0 Å². The number of hydrogen-bond donors (Lipinski definition) is 4. The summed E-state index contributed by atoms with van der Waals surface area (Å²) in [5, 5.41) is 12.4. The fourth-order valence-electron chi connectivity index (χ4n) is 12.5. The number of H-pyrrole nitrogens is 2. The zero-order valence-electron chi connectivity index (χ0n) is 45.3. The van der Waals surface area contributed by atoms with Gasteiger partial charge in [-0.25, -0.2) is 41.5 Å². The molecule has 4 saturated heterocycles. The molecule has 18 nitrogen and oxygen atoms in total. The predicted octanol–water partition coefficient (Wildman–Crippen LogP) is 9.70. The third kappa shape index (κ3) is 10.6. The quantitative estimate of drug-likeness (QED) is 0.0711. The maximum atomic E-state index is 17.0. The number of piperidine rings is 1. The highest BCUT2D eigenvalue weighted by Gasteiger charge is 2.44. The molecule has 0 radical (unpaired) electrons. The first-order chi connectivity index (χ1) is 38.4. The van der Waals surface area contributed by atoms with Crippen LogP contribution in [0.4, 0.5) is 42.9 Å². The molecule has 23 heteroatoms. The van der Waals surface area contributed by atoms with Gasteiger partial charge in [0.05, 0.1) is 65.6 Å². The van der Waals surface area contributed by atoms with Crippen LogP contribution in [0.15, 0.2) is 60.7 Å². The third-order valence-corrected chi connectivity index (χ3v) is 16.9. The summed E-state index contributed by atoms with van der Waals surface area (Å²) in [4.78, 5) is 76.0. The maximum absolute atomic E-state index is 17.0. The van der Waals surface area contributed by atoms with Crippen LogP contribution < -0.4 is 15.1 Å². The van der Waals surface area contributed by atoms with E-state index in [1.54, 1.807) is 57.7 Å². The molecule has 4 aliphatic rings. The Morgan fingerprint density at radius 3 is 1.66 bits per heavy atom. The Labute approximate surface area is 458 Å². The van der Waals surface area contributed by atoms with Crippen LogP contribution in [0.5, 0.6) is 0 Å². The number of benzene rings is 4. The SMILES string of the molecule is COC(=O)N[C@H](C(=O)N1CCC[C@H]1c1nc2cc(F)c([C@H]3CC[C@H](c4cc5[nH]c([C@@H]6CCCN6C(=O)[C@H]([C@@H](C)OC)N(C)C(=O)O)nc5cc4F)N3c3cc(F)c(N4CCC(c5ccc(F)cc5)CC4)c(F)c3)cc2[nH]1)[C@@H](C)OC. The summed E-state index contributed by atoms with van der Waals surface area (Å²) in [6.07, 6.45) is 0.126. The summed E-state index contributed by atoms with van der Waals surface area (Å²) in [6.45, 7) is 4.55. The predicted molar refractivity (Wildman–Crippen MR) is 285 cm³/mol. The molecule has 10 rings (SSSR count). The average molecular weight is 1110 g/mol. The van der Waals surface area contributed by atoms with Crippen molar-refractivity contribution in [3.8, 4) is 0 Å². The van der Waals surface area contributed by atoms with Crippen molar-refractivity contribution in [3.63, 3.8) is 0 Å². The van der Waals surface area contributed by atoms with Crippen LogP contribution in [-0.4, -0.2) is 143 Å². The Kier molecular flexibility index (Phi) is 16.0. The van der Waals surface area contributed by atoms with E-state index in [2.05, 4.69) is 15.3 Å². The number of rotatable bonds is 15. The second kappa shape index (κ2) is 22.9. The average Bonchev–Trinajstić information content (AvgIpc) is 4.39. The highest BCUT2D eigenvalue weighted by atomic mass is 19.1. The molecule has 4 aliphatic heterocycles. The zero-order chi connectivity index (χ0) is 56.8. The lowest BCUT2D eigenvalue weighted by Gasteiger charge is -2.36. The van der Waals surface area contributed by atoms with Crippen molar-refractivity contribution in [2.24, 2.45) is 0 Å². The number of likely N-dealkylation sites (N-methyl/N-ethyl adjacent to an activating group) is 1. The van der Waals surface area contributed by atoms with Crippen molar-refractivity contribution >= 4 is 57.4 Å². The lowest BCUT2D eigenvalue weighted by Crippen LogP contribution is -2.54. The van der Waals surface area contributed by atoms with Crippen LogP contribution in [0.3, 0.4) is 0 Å². The minimum Gasteiger partial charge on any atom is -0.465 e. The number of hydrogen-bond acceptors (Lipinski definition) is 11. The minimum atomic E-state index is -1.31. The molecule has 0 saturated carbocycles. The molecular weight excluding hydrogens is 1050 g/mol. The lowest BCUT2D eigenvalue weighted by molar-refractivity contribution is -0.141. The molecule has 8 atom stereocenters. The van der Waals surface area contributed by atoms with E-state index in [0.717, 1.165) is 10.5 Å². The number of amides is 4. The lowest BCUT2D eigenvalue weighted by atomic mass is 9.89. The molecule has 0 bridgehead atoms. The van der Waals surface area contributed by atoms with Crippen LogP contribution in [0.1, 0.15) is 124 Å². The number of methoxy groups -OCH3 is 3. The van der Waals surface area contributed by atoms with Gasteiger partial charge in [0.15, 0.2) is 11.6 Å². The van der Waals surface area contributed by atoms with Crippen molar-refractivity contribution in [2.75, 3.05) is 64.4 Å². The van der Waals surface area contributed by atoms with E-state index in [-0.39, 0.29) is 58.1 Å². The van der Waals surface area contributed by atoms with Crippen LogP contribution >= 0.6 is 0 Å². The number of imidazole rings is 2. The van der Waals surface area contributed by atoms with Gasteiger partial charge in [0.2, 0.25) is 11.8 Å². The van der Waals surface area contributed by atoms with Gasteiger partial charge in [-0.15, -0.1) is 0 Å². The van der Waals surface area contributed by atoms with Gasteiger partial charge >= 0.3 is 12.2 Å². The molecule has 426 valence electrons. The van der Waals surface area contributed by atoms with E-state index < -0.39 is 95.7 Å². The van der Waals surface area contributed by atoms with E-state index in [1.165, 1.54) is 64.8 Å². The number of nitrogens with one attached hydrogen (secondary N) is 3. The molecule has 0 unspecified atom stereocenters. The number of likely N-dealkylation sites (tertiary alicyclic amines) is 2. The highest BCUT2D eigenvalue weighted by Crippen LogP contribution is 2.50. The van der Waals surface area contributed by atoms with E-state index in [1.807, 2.05) is 0 Å². The number of aromatic amines is 2. The molecule has 80 heavy (non-hydrogen) atoms. The second-order valence-corrected chi connectivity index (χ2v) is 21.3. The number of carbonyl (C=O) groups is 4. The number of carboxylic acid groups (broad SMARTS) is 1. The summed E-state index contributed by atoms with van der Waals surface area (Å²) in [5.41, 5.74) is 2.36. The summed E-state index contributed by atoms with van der Waals surface area (Å²) in [7, 11) is 5.30. The van der Waals surface area contributed by atoms with Crippen molar-refractivity contribution in [2.45, 2.75) is 120 Å². The van der Waals surface area contributed by atoms with E-state index in [4.69, 9.17) is 24.2 Å². The van der Waals surface area contributed by atoms with E-state index >= 15 is 17.6 Å². The molecule has 0 spiro atoms. The Bertz CT molecular complexity index is 3280. The monoisotopic (exact) mass is 1110 g/mol. The number of carbonyl (C=O) groups excluding carboxylic acids is 3. The number of fused-ring (bicyclic) bond motifs is 2.